The van der Waals surface area contributed by atoms with Crippen molar-refractivity contribution in [3.63, 3.8) is 0 Å². The molecule has 0 saturated heterocycles. The molecule has 0 aliphatic heterocycles. The Kier molecular flexibility index (Phi) is 5.87. The molecule has 8 heteroatoms. The monoisotopic (exact) mass is 396 g/mol. The first-order valence-corrected chi connectivity index (χ1v) is 10.9. The molecule has 26 heavy (non-hydrogen) atoms. The Morgan fingerprint density at radius 3 is 1.92 bits per heavy atom. The predicted molar refractivity (Wildman–Crippen MR) is 97.3 cm³/mol. The van der Waals surface area contributed by atoms with Crippen LogP contribution >= 0.6 is 0 Å². The second kappa shape index (κ2) is 7.59. The van der Waals surface area contributed by atoms with Crippen molar-refractivity contribution in [3.05, 3.63) is 54.1 Å². The van der Waals surface area contributed by atoms with Crippen LogP contribution in [0.4, 0.5) is 0 Å². The van der Waals surface area contributed by atoms with Crippen molar-refractivity contribution in [3.8, 4) is 5.75 Å². The fourth-order valence-electron chi connectivity index (χ4n) is 2.12. The molecule has 0 aliphatic rings. The van der Waals surface area contributed by atoms with E-state index in [4.69, 9.17) is 4.18 Å². The number of benzene rings is 2. The summed E-state index contributed by atoms with van der Waals surface area (Å²) in [7, 11) is -7.65. The van der Waals surface area contributed by atoms with Crippen LogP contribution in [0.5, 0.6) is 5.75 Å². The average molecular weight is 396 g/mol. The molecule has 2 rings (SSSR count). The number of rotatable bonds is 7. The lowest BCUT2D eigenvalue weighted by molar-refractivity contribution is -0.119. The van der Waals surface area contributed by atoms with E-state index in [2.05, 4.69) is 0 Å². The van der Waals surface area contributed by atoms with Gasteiger partial charge in [0.15, 0.2) is 9.84 Å². The summed E-state index contributed by atoms with van der Waals surface area (Å²) in [6.45, 7) is 4.72. The summed E-state index contributed by atoms with van der Waals surface area (Å²) in [5.74, 6) is -1.12. The van der Waals surface area contributed by atoms with Gasteiger partial charge in [0.2, 0.25) is 0 Å². The Balaban J connectivity index is 2.19. The van der Waals surface area contributed by atoms with Crippen LogP contribution in [0.15, 0.2) is 58.3 Å². The molecular weight excluding hydrogens is 376 g/mol. The lowest BCUT2D eigenvalue weighted by Crippen LogP contribution is -2.19. The maximum Gasteiger partial charge on any atom is 0.339 e. The first-order chi connectivity index (χ1) is 12.0. The van der Waals surface area contributed by atoms with Crippen LogP contribution in [0.3, 0.4) is 0 Å². The highest BCUT2D eigenvalue weighted by Gasteiger charge is 2.22. The van der Waals surface area contributed by atoms with Crippen molar-refractivity contribution in [2.24, 2.45) is 5.92 Å². The SMILES string of the molecule is CC(=O)C(C)CS(=O)(=O)c1ccc(OS(=O)(=O)c2ccc(C)cc2)cc1. The van der Waals surface area contributed by atoms with E-state index in [0.717, 1.165) is 5.56 Å². The molecule has 140 valence electrons. The van der Waals surface area contributed by atoms with Crippen molar-refractivity contribution in [1.82, 2.24) is 0 Å². The van der Waals surface area contributed by atoms with Gasteiger partial charge in [-0.3, -0.25) is 4.79 Å². The van der Waals surface area contributed by atoms with Crippen LogP contribution in [-0.4, -0.2) is 28.4 Å². The summed E-state index contributed by atoms with van der Waals surface area (Å²) in [6, 6.07) is 11.3. The van der Waals surface area contributed by atoms with Crippen LogP contribution in [-0.2, 0) is 24.7 Å². The molecule has 0 fully saturated rings. The lowest BCUT2D eigenvalue weighted by atomic mass is 10.1. The predicted octanol–water partition coefficient (Wildman–Crippen LogP) is 2.76. The molecule has 2 aromatic carbocycles. The molecule has 0 bridgehead atoms. The minimum Gasteiger partial charge on any atom is -0.379 e. The van der Waals surface area contributed by atoms with Gasteiger partial charge in [0, 0.05) is 5.92 Å². The number of hydrogen-bond donors (Lipinski definition) is 0. The summed E-state index contributed by atoms with van der Waals surface area (Å²) < 4.78 is 54.1. The van der Waals surface area contributed by atoms with E-state index in [1.807, 2.05) is 6.92 Å². The molecular formula is C18H20O6S2. The smallest absolute Gasteiger partial charge is 0.339 e. The van der Waals surface area contributed by atoms with E-state index >= 15 is 0 Å². The first kappa shape index (κ1) is 20.1. The molecule has 0 radical (unpaired) electrons. The quantitative estimate of drug-likeness (QED) is 0.668. The van der Waals surface area contributed by atoms with Gasteiger partial charge in [-0.05, 0) is 50.2 Å². The lowest BCUT2D eigenvalue weighted by Gasteiger charge is -2.10. The topological polar surface area (TPSA) is 94.6 Å². The maximum absolute atomic E-state index is 12.3. The molecule has 0 aromatic heterocycles. The summed E-state index contributed by atoms with van der Waals surface area (Å²) in [6.07, 6.45) is 0. The molecule has 0 heterocycles. The summed E-state index contributed by atoms with van der Waals surface area (Å²) >= 11 is 0. The summed E-state index contributed by atoms with van der Waals surface area (Å²) in [5.41, 5.74) is 0.915. The zero-order chi connectivity index (χ0) is 19.5. The standard InChI is InChI=1S/C18H20O6S2/c1-13-4-8-18(9-5-13)26(22,23)24-16-6-10-17(11-7-16)25(20,21)12-14(2)15(3)19/h4-11,14H,12H2,1-3H3. The Morgan fingerprint density at radius 1 is 0.923 bits per heavy atom. The van der Waals surface area contributed by atoms with Gasteiger partial charge in [0.05, 0.1) is 10.6 Å². The largest absolute Gasteiger partial charge is 0.379 e. The molecule has 0 saturated carbocycles. The van der Waals surface area contributed by atoms with Gasteiger partial charge in [-0.15, -0.1) is 0 Å². The normalized spacial score (nSPS) is 13.2. The first-order valence-electron chi connectivity index (χ1n) is 7.86. The van der Waals surface area contributed by atoms with E-state index in [9.17, 15) is 21.6 Å². The molecule has 6 nitrogen and oxygen atoms in total. The fraction of sp³-hybridized carbons (Fsp3) is 0.278. The van der Waals surface area contributed by atoms with E-state index in [-0.39, 0.29) is 27.1 Å². The van der Waals surface area contributed by atoms with Gasteiger partial charge < -0.3 is 4.18 Å². The number of hydrogen-bond acceptors (Lipinski definition) is 6. The number of aryl methyl sites for hydroxylation is 1. The average Bonchev–Trinajstić information content (AvgIpc) is 2.55. The number of Topliss-reactive ketones (excluding diaryl/α,β-unsaturated/α-hetero) is 1. The van der Waals surface area contributed by atoms with Gasteiger partial charge in [-0.1, -0.05) is 24.6 Å². The summed E-state index contributed by atoms with van der Waals surface area (Å²) in [4.78, 5) is 11.3. The van der Waals surface area contributed by atoms with Crippen LogP contribution in [0.1, 0.15) is 19.4 Å². The summed E-state index contributed by atoms with van der Waals surface area (Å²) in [5, 5.41) is 0. The van der Waals surface area contributed by atoms with Crippen molar-refractivity contribution in [2.75, 3.05) is 5.75 Å². The van der Waals surface area contributed by atoms with E-state index in [1.165, 1.54) is 43.3 Å². The second-order valence-corrected chi connectivity index (χ2v) is 9.70. The third kappa shape index (κ3) is 4.92. The Labute approximate surface area is 153 Å². The second-order valence-electron chi connectivity index (χ2n) is 6.12. The van der Waals surface area contributed by atoms with Crippen LogP contribution in [0.2, 0.25) is 0 Å². The molecule has 1 unspecified atom stereocenters. The minimum absolute atomic E-state index is 0.00383. The van der Waals surface area contributed by atoms with Crippen LogP contribution in [0, 0.1) is 12.8 Å². The highest BCUT2D eigenvalue weighted by atomic mass is 32.2. The zero-order valence-corrected chi connectivity index (χ0v) is 16.3. The number of sulfone groups is 1. The number of carbonyl (C=O) groups is 1. The molecule has 2 aromatic rings. The number of carbonyl (C=O) groups excluding carboxylic acids is 1. The van der Waals surface area contributed by atoms with E-state index < -0.39 is 25.9 Å². The van der Waals surface area contributed by atoms with Crippen molar-refractivity contribution in [2.45, 2.75) is 30.6 Å². The minimum atomic E-state index is -4.00. The van der Waals surface area contributed by atoms with Gasteiger partial charge in [0.25, 0.3) is 0 Å². The maximum atomic E-state index is 12.3. The Bertz CT molecular complexity index is 989. The number of ketones is 1. The van der Waals surface area contributed by atoms with Crippen LogP contribution < -0.4 is 4.18 Å². The van der Waals surface area contributed by atoms with Crippen molar-refractivity contribution < 1.29 is 25.8 Å². The molecule has 0 aliphatic carbocycles. The van der Waals surface area contributed by atoms with Gasteiger partial charge in [-0.2, -0.15) is 8.42 Å². The van der Waals surface area contributed by atoms with Gasteiger partial charge >= 0.3 is 10.1 Å². The van der Waals surface area contributed by atoms with Gasteiger partial charge in [-0.25, -0.2) is 8.42 Å². The van der Waals surface area contributed by atoms with Gasteiger partial charge in [0.1, 0.15) is 16.4 Å². The van der Waals surface area contributed by atoms with E-state index in [0.29, 0.717) is 0 Å². The molecule has 0 amide bonds. The Morgan fingerprint density at radius 2 is 1.42 bits per heavy atom. The molecule has 1 atom stereocenters. The zero-order valence-electron chi connectivity index (χ0n) is 14.7. The van der Waals surface area contributed by atoms with Crippen LogP contribution in [0.25, 0.3) is 0 Å². The van der Waals surface area contributed by atoms with E-state index in [1.54, 1.807) is 19.1 Å². The third-order valence-electron chi connectivity index (χ3n) is 3.86. The molecule has 0 spiro atoms. The fourth-order valence-corrected chi connectivity index (χ4v) is 4.69. The Hall–Kier alpha value is -2.19. The van der Waals surface area contributed by atoms with Crippen molar-refractivity contribution >= 4 is 25.7 Å². The van der Waals surface area contributed by atoms with Crippen molar-refractivity contribution in [1.29, 1.82) is 0 Å². The highest BCUT2D eigenvalue weighted by Crippen LogP contribution is 2.22. The highest BCUT2D eigenvalue weighted by molar-refractivity contribution is 7.91. The molecule has 0 N–H and O–H groups in total. The third-order valence-corrected chi connectivity index (χ3v) is 7.05.